The minimum Gasteiger partial charge on any atom is -0.342 e. The van der Waals surface area contributed by atoms with E-state index in [2.05, 4.69) is 43.0 Å². The third-order valence-electron chi connectivity index (χ3n) is 4.75. The lowest BCUT2D eigenvalue weighted by atomic mass is 9.89. The van der Waals surface area contributed by atoms with Gasteiger partial charge in [-0.3, -0.25) is 9.69 Å². The van der Waals surface area contributed by atoms with Gasteiger partial charge in [0.25, 0.3) is 0 Å². The van der Waals surface area contributed by atoms with Gasteiger partial charge in [0.15, 0.2) is 0 Å². The van der Waals surface area contributed by atoms with E-state index in [1.807, 2.05) is 11.0 Å². The van der Waals surface area contributed by atoms with Crippen molar-refractivity contribution in [2.24, 2.45) is 11.7 Å². The summed E-state index contributed by atoms with van der Waals surface area (Å²) in [6.07, 6.45) is 2.04. The van der Waals surface area contributed by atoms with E-state index in [1.54, 1.807) is 0 Å². The van der Waals surface area contributed by atoms with Gasteiger partial charge >= 0.3 is 0 Å². The molecule has 4 heteroatoms. The molecule has 1 aliphatic heterocycles. The second-order valence-electron chi connectivity index (χ2n) is 6.59. The third-order valence-corrected chi connectivity index (χ3v) is 4.75. The zero-order valence-electron chi connectivity index (χ0n) is 14.6. The van der Waals surface area contributed by atoms with Gasteiger partial charge in [0.05, 0.1) is 6.54 Å². The molecule has 1 saturated heterocycles. The van der Waals surface area contributed by atoms with Crippen LogP contribution in [0.15, 0.2) is 30.3 Å². The van der Waals surface area contributed by atoms with Crippen molar-refractivity contribution in [2.75, 3.05) is 39.3 Å². The van der Waals surface area contributed by atoms with Gasteiger partial charge in [-0.05, 0) is 30.9 Å². The lowest BCUT2D eigenvalue weighted by Crippen LogP contribution is -2.40. The average molecular weight is 317 g/mol. The lowest BCUT2D eigenvalue weighted by Gasteiger charge is -2.24. The molecule has 2 rings (SSSR count). The quantitative estimate of drug-likeness (QED) is 0.800. The van der Waals surface area contributed by atoms with Gasteiger partial charge in [0.2, 0.25) is 5.91 Å². The van der Waals surface area contributed by atoms with E-state index in [0.29, 0.717) is 24.9 Å². The summed E-state index contributed by atoms with van der Waals surface area (Å²) in [7, 11) is 0. The maximum Gasteiger partial charge on any atom is 0.236 e. The summed E-state index contributed by atoms with van der Waals surface area (Å²) in [5.74, 6) is 1.15. The van der Waals surface area contributed by atoms with Crippen LogP contribution in [0.5, 0.6) is 0 Å². The number of hydrogen-bond donors (Lipinski definition) is 1. The maximum atomic E-state index is 12.6. The number of rotatable bonds is 8. The molecule has 23 heavy (non-hydrogen) atoms. The van der Waals surface area contributed by atoms with Gasteiger partial charge in [0.1, 0.15) is 0 Å². The highest BCUT2D eigenvalue weighted by molar-refractivity contribution is 5.78. The zero-order valence-corrected chi connectivity index (χ0v) is 14.6. The fraction of sp³-hybridized carbons (Fsp3) is 0.632. The fourth-order valence-electron chi connectivity index (χ4n) is 3.60. The Kier molecular flexibility index (Phi) is 7.06. The number of hydrogen-bond acceptors (Lipinski definition) is 3. The maximum absolute atomic E-state index is 12.6. The molecule has 0 saturated carbocycles. The number of carbonyl (C=O) groups excluding carboxylic acids is 1. The molecule has 2 N–H and O–H groups in total. The van der Waals surface area contributed by atoms with E-state index < -0.39 is 0 Å². The summed E-state index contributed by atoms with van der Waals surface area (Å²) in [5.41, 5.74) is 7.33. The van der Waals surface area contributed by atoms with E-state index >= 15 is 0 Å². The SMILES string of the molecule is CCCN(CCC)C(=O)CN1C[C@@H](CN)[C@H](c2ccccc2)C1. The predicted octanol–water partition coefficient (Wildman–Crippen LogP) is 2.31. The summed E-state index contributed by atoms with van der Waals surface area (Å²) in [6, 6.07) is 10.6. The van der Waals surface area contributed by atoms with Crippen molar-refractivity contribution in [3.8, 4) is 0 Å². The number of carbonyl (C=O) groups is 1. The van der Waals surface area contributed by atoms with Crippen LogP contribution in [-0.2, 0) is 4.79 Å². The molecule has 1 heterocycles. The van der Waals surface area contributed by atoms with E-state index in [4.69, 9.17) is 5.73 Å². The first-order valence-electron chi connectivity index (χ1n) is 8.94. The minimum atomic E-state index is 0.262. The molecule has 4 nitrogen and oxygen atoms in total. The van der Waals surface area contributed by atoms with Crippen LogP contribution < -0.4 is 5.73 Å². The molecule has 2 atom stereocenters. The predicted molar refractivity (Wildman–Crippen MR) is 95.3 cm³/mol. The Morgan fingerprint density at radius 2 is 1.83 bits per heavy atom. The van der Waals surface area contributed by atoms with Crippen molar-refractivity contribution in [1.82, 2.24) is 9.80 Å². The monoisotopic (exact) mass is 317 g/mol. The first-order valence-corrected chi connectivity index (χ1v) is 8.94. The highest BCUT2D eigenvalue weighted by Crippen LogP contribution is 2.31. The first-order chi connectivity index (χ1) is 11.2. The Balaban J connectivity index is 1.98. The Bertz CT molecular complexity index is 471. The lowest BCUT2D eigenvalue weighted by molar-refractivity contribution is -0.132. The van der Waals surface area contributed by atoms with Crippen molar-refractivity contribution in [3.05, 3.63) is 35.9 Å². The molecule has 1 aliphatic rings. The van der Waals surface area contributed by atoms with Gasteiger partial charge in [-0.15, -0.1) is 0 Å². The first kappa shape index (κ1) is 18.0. The van der Waals surface area contributed by atoms with Crippen molar-refractivity contribution in [3.63, 3.8) is 0 Å². The summed E-state index contributed by atoms with van der Waals surface area (Å²) < 4.78 is 0. The standard InChI is InChI=1S/C19H31N3O/c1-3-10-22(11-4-2)19(23)15-21-13-17(12-20)18(14-21)16-8-6-5-7-9-16/h5-9,17-18H,3-4,10-15,20H2,1-2H3/t17-,18+/m1/s1. The van der Waals surface area contributed by atoms with E-state index in [1.165, 1.54) is 5.56 Å². The molecular formula is C19H31N3O. The number of nitrogens with two attached hydrogens (primary N) is 1. The van der Waals surface area contributed by atoms with E-state index in [0.717, 1.165) is 39.0 Å². The van der Waals surface area contributed by atoms with Gasteiger partial charge in [0, 0.05) is 32.1 Å². The number of benzene rings is 1. The molecule has 1 fully saturated rings. The summed E-state index contributed by atoms with van der Waals surface area (Å²) >= 11 is 0. The summed E-state index contributed by atoms with van der Waals surface area (Å²) in [6.45, 7) is 9.05. The molecule has 0 unspecified atom stereocenters. The second-order valence-corrected chi connectivity index (χ2v) is 6.59. The minimum absolute atomic E-state index is 0.262. The molecule has 0 bridgehead atoms. The molecule has 128 valence electrons. The van der Waals surface area contributed by atoms with Gasteiger partial charge in [-0.2, -0.15) is 0 Å². The highest BCUT2D eigenvalue weighted by Gasteiger charge is 2.34. The number of likely N-dealkylation sites (tertiary alicyclic amines) is 1. The zero-order chi connectivity index (χ0) is 16.7. The summed E-state index contributed by atoms with van der Waals surface area (Å²) in [4.78, 5) is 16.9. The van der Waals surface area contributed by atoms with Crippen LogP contribution in [0.4, 0.5) is 0 Å². The van der Waals surface area contributed by atoms with Crippen LogP contribution in [0.2, 0.25) is 0 Å². The normalized spacial score (nSPS) is 21.5. The van der Waals surface area contributed by atoms with Crippen LogP contribution >= 0.6 is 0 Å². The van der Waals surface area contributed by atoms with Crippen LogP contribution in [0.1, 0.15) is 38.2 Å². The Morgan fingerprint density at radius 1 is 1.17 bits per heavy atom. The van der Waals surface area contributed by atoms with Crippen LogP contribution in [-0.4, -0.2) is 55.0 Å². The van der Waals surface area contributed by atoms with Gasteiger partial charge in [-0.25, -0.2) is 0 Å². The molecule has 1 amide bonds. The largest absolute Gasteiger partial charge is 0.342 e. The fourth-order valence-corrected chi connectivity index (χ4v) is 3.60. The second kappa shape index (κ2) is 9.04. The van der Waals surface area contributed by atoms with E-state index in [9.17, 15) is 4.79 Å². The molecule has 0 aromatic heterocycles. The van der Waals surface area contributed by atoms with Gasteiger partial charge in [-0.1, -0.05) is 44.2 Å². The third kappa shape index (κ3) is 4.79. The molecule has 0 aliphatic carbocycles. The number of amides is 1. The van der Waals surface area contributed by atoms with Crippen LogP contribution in [0.25, 0.3) is 0 Å². The molecule has 0 spiro atoms. The Labute approximate surface area is 140 Å². The van der Waals surface area contributed by atoms with Crippen LogP contribution in [0.3, 0.4) is 0 Å². The highest BCUT2D eigenvalue weighted by atomic mass is 16.2. The van der Waals surface area contributed by atoms with Crippen molar-refractivity contribution < 1.29 is 4.79 Å². The molecule has 1 aromatic rings. The van der Waals surface area contributed by atoms with Crippen LogP contribution in [0, 0.1) is 5.92 Å². The van der Waals surface area contributed by atoms with Crippen molar-refractivity contribution in [1.29, 1.82) is 0 Å². The van der Waals surface area contributed by atoms with Gasteiger partial charge < -0.3 is 10.6 Å². The average Bonchev–Trinajstić information content (AvgIpc) is 2.98. The Hall–Kier alpha value is -1.39. The smallest absolute Gasteiger partial charge is 0.236 e. The molecule has 1 aromatic carbocycles. The molecular weight excluding hydrogens is 286 g/mol. The Morgan fingerprint density at radius 3 is 2.39 bits per heavy atom. The van der Waals surface area contributed by atoms with E-state index in [-0.39, 0.29) is 5.91 Å². The van der Waals surface area contributed by atoms with Crippen molar-refractivity contribution >= 4 is 5.91 Å². The molecule has 0 radical (unpaired) electrons. The topological polar surface area (TPSA) is 49.6 Å². The number of nitrogens with zero attached hydrogens (tertiary/aromatic N) is 2. The van der Waals surface area contributed by atoms with Crippen molar-refractivity contribution in [2.45, 2.75) is 32.6 Å². The summed E-state index contributed by atoms with van der Waals surface area (Å²) in [5, 5.41) is 0.